The van der Waals surface area contributed by atoms with Crippen LogP contribution in [-0.4, -0.2) is 5.91 Å². The van der Waals surface area contributed by atoms with Crippen molar-refractivity contribution in [1.82, 2.24) is 0 Å². The van der Waals surface area contributed by atoms with E-state index in [0.717, 1.165) is 18.4 Å². The minimum Gasteiger partial charge on any atom is -0.366 e. The van der Waals surface area contributed by atoms with Crippen LogP contribution in [0.15, 0.2) is 71.8 Å². The van der Waals surface area contributed by atoms with E-state index < -0.39 is 0 Å². The van der Waals surface area contributed by atoms with Crippen LogP contribution in [0.25, 0.3) is 0 Å². The van der Waals surface area contributed by atoms with Crippen molar-refractivity contribution in [2.45, 2.75) is 19.8 Å². The van der Waals surface area contributed by atoms with E-state index in [1.54, 1.807) is 0 Å². The number of carbonyl (C=O) groups excluding carboxylic acids is 1. The summed E-state index contributed by atoms with van der Waals surface area (Å²) in [5.74, 6) is -0.341. The fraction of sp³-hybridized carbons (Fsp3) is 0.167. The summed E-state index contributed by atoms with van der Waals surface area (Å²) >= 11 is 0. The monoisotopic (exact) mass is 265 g/mol. The molecule has 0 unspecified atom stereocenters. The largest absolute Gasteiger partial charge is 0.366 e. The van der Waals surface area contributed by atoms with Crippen molar-refractivity contribution in [3.05, 3.63) is 82.9 Å². The minimum atomic E-state index is -0.341. The lowest BCUT2D eigenvalue weighted by Gasteiger charge is -2.11. The Balaban J connectivity index is 2.27. The van der Waals surface area contributed by atoms with Crippen LogP contribution >= 0.6 is 0 Å². The summed E-state index contributed by atoms with van der Waals surface area (Å²) in [4.78, 5) is 11.5. The van der Waals surface area contributed by atoms with Gasteiger partial charge >= 0.3 is 0 Å². The molecule has 1 amide bonds. The van der Waals surface area contributed by atoms with Gasteiger partial charge in [-0.15, -0.1) is 0 Å². The van der Waals surface area contributed by atoms with E-state index >= 15 is 0 Å². The van der Waals surface area contributed by atoms with Gasteiger partial charge in [0.2, 0.25) is 5.91 Å². The van der Waals surface area contributed by atoms with Gasteiger partial charge in [0.25, 0.3) is 0 Å². The summed E-state index contributed by atoms with van der Waals surface area (Å²) in [6.07, 6.45) is 1.51. The van der Waals surface area contributed by atoms with Gasteiger partial charge < -0.3 is 5.73 Å². The van der Waals surface area contributed by atoms with E-state index in [1.807, 2.05) is 43.3 Å². The zero-order valence-electron chi connectivity index (χ0n) is 11.7. The van der Waals surface area contributed by atoms with Gasteiger partial charge in [0.15, 0.2) is 0 Å². The highest BCUT2D eigenvalue weighted by atomic mass is 16.1. The van der Waals surface area contributed by atoms with Gasteiger partial charge in [0.1, 0.15) is 0 Å². The third kappa shape index (κ3) is 3.82. The number of allylic oxidation sites excluding steroid dienone is 1. The molecule has 0 atom stereocenters. The van der Waals surface area contributed by atoms with Crippen molar-refractivity contribution in [3.63, 3.8) is 0 Å². The molecule has 0 fully saturated rings. The molecule has 0 saturated heterocycles. The number of rotatable bonds is 5. The third-order valence-electron chi connectivity index (χ3n) is 3.42. The summed E-state index contributed by atoms with van der Waals surface area (Å²) in [7, 11) is 0. The number of amides is 1. The molecule has 2 aromatic rings. The Bertz CT molecular complexity index is 556. The van der Waals surface area contributed by atoms with Crippen LogP contribution in [0, 0.1) is 0 Å². The Hall–Kier alpha value is -2.35. The number of benzene rings is 2. The second-order valence-electron chi connectivity index (χ2n) is 4.92. The fourth-order valence-corrected chi connectivity index (χ4v) is 2.19. The Morgan fingerprint density at radius 2 is 1.25 bits per heavy atom. The lowest BCUT2D eigenvalue weighted by atomic mass is 9.94. The summed E-state index contributed by atoms with van der Waals surface area (Å²) in [6, 6.07) is 20.3. The zero-order valence-corrected chi connectivity index (χ0v) is 11.7. The predicted octanol–water partition coefficient (Wildman–Crippen LogP) is 3.27. The van der Waals surface area contributed by atoms with Crippen LogP contribution in [0.4, 0.5) is 0 Å². The van der Waals surface area contributed by atoms with Gasteiger partial charge in [-0.25, -0.2) is 0 Å². The first-order valence-corrected chi connectivity index (χ1v) is 6.73. The summed E-state index contributed by atoms with van der Waals surface area (Å²) in [5, 5.41) is 0. The molecular formula is C18H19NO. The van der Waals surface area contributed by atoms with E-state index in [-0.39, 0.29) is 5.91 Å². The molecule has 0 bridgehead atoms. The molecule has 2 rings (SSSR count). The zero-order chi connectivity index (χ0) is 14.4. The van der Waals surface area contributed by atoms with E-state index in [0.29, 0.717) is 5.57 Å². The topological polar surface area (TPSA) is 43.1 Å². The maximum atomic E-state index is 11.5. The first-order valence-electron chi connectivity index (χ1n) is 6.73. The quantitative estimate of drug-likeness (QED) is 0.828. The van der Waals surface area contributed by atoms with Gasteiger partial charge in [0.05, 0.1) is 0 Å². The SMILES string of the molecule is CC(C(N)=O)=C(Cc1ccccc1)Cc1ccccc1. The van der Waals surface area contributed by atoms with Crippen LogP contribution in [0.1, 0.15) is 18.1 Å². The van der Waals surface area contributed by atoms with Crippen molar-refractivity contribution < 1.29 is 4.79 Å². The second-order valence-corrected chi connectivity index (χ2v) is 4.92. The van der Waals surface area contributed by atoms with Gasteiger partial charge in [-0.05, 0) is 30.9 Å². The maximum Gasteiger partial charge on any atom is 0.244 e. The number of carbonyl (C=O) groups is 1. The van der Waals surface area contributed by atoms with Gasteiger partial charge in [-0.2, -0.15) is 0 Å². The average molecular weight is 265 g/mol. The third-order valence-corrected chi connectivity index (χ3v) is 3.42. The van der Waals surface area contributed by atoms with Gasteiger partial charge in [0, 0.05) is 5.57 Å². The number of hydrogen-bond acceptors (Lipinski definition) is 1. The molecule has 2 nitrogen and oxygen atoms in total. The van der Waals surface area contributed by atoms with Crippen LogP contribution in [0.3, 0.4) is 0 Å². The standard InChI is InChI=1S/C18H19NO/c1-14(18(19)20)17(12-15-8-4-2-5-9-15)13-16-10-6-3-7-11-16/h2-11H,12-13H2,1H3,(H2,19,20). The lowest BCUT2D eigenvalue weighted by Crippen LogP contribution is -2.15. The minimum absolute atomic E-state index is 0.341. The van der Waals surface area contributed by atoms with E-state index in [9.17, 15) is 4.79 Å². The molecule has 0 aliphatic heterocycles. The van der Waals surface area contributed by atoms with Crippen molar-refractivity contribution in [3.8, 4) is 0 Å². The molecule has 2 N–H and O–H groups in total. The molecule has 0 radical (unpaired) electrons. The summed E-state index contributed by atoms with van der Waals surface area (Å²) < 4.78 is 0. The van der Waals surface area contributed by atoms with Crippen LogP contribution in [0.2, 0.25) is 0 Å². The van der Waals surface area contributed by atoms with Crippen LogP contribution < -0.4 is 5.73 Å². The molecule has 0 aliphatic rings. The highest BCUT2D eigenvalue weighted by molar-refractivity contribution is 5.92. The highest BCUT2D eigenvalue weighted by Crippen LogP contribution is 2.17. The lowest BCUT2D eigenvalue weighted by molar-refractivity contribution is -0.114. The molecule has 0 aromatic heterocycles. The summed E-state index contributed by atoms with van der Waals surface area (Å²) in [5.41, 5.74) is 9.58. The smallest absolute Gasteiger partial charge is 0.244 e. The molecular weight excluding hydrogens is 246 g/mol. The molecule has 2 heteroatoms. The van der Waals surface area contributed by atoms with Crippen molar-refractivity contribution >= 4 is 5.91 Å². The Kier molecular flexibility index (Phi) is 4.72. The van der Waals surface area contributed by atoms with Crippen molar-refractivity contribution in [2.75, 3.05) is 0 Å². The van der Waals surface area contributed by atoms with E-state index in [4.69, 9.17) is 5.73 Å². The molecule has 0 heterocycles. The Morgan fingerprint density at radius 1 is 0.850 bits per heavy atom. The van der Waals surface area contributed by atoms with Gasteiger partial charge in [-0.1, -0.05) is 66.2 Å². The van der Waals surface area contributed by atoms with Crippen molar-refractivity contribution in [1.29, 1.82) is 0 Å². The molecule has 2 aromatic carbocycles. The molecule has 0 aliphatic carbocycles. The Morgan fingerprint density at radius 3 is 1.60 bits per heavy atom. The molecule has 102 valence electrons. The molecule has 20 heavy (non-hydrogen) atoms. The van der Waals surface area contributed by atoms with Crippen LogP contribution in [-0.2, 0) is 17.6 Å². The first kappa shape index (κ1) is 14.1. The van der Waals surface area contributed by atoms with E-state index in [1.165, 1.54) is 11.1 Å². The number of nitrogens with two attached hydrogens (primary N) is 1. The second kappa shape index (κ2) is 6.71. The van der Waals surface area contributed by atoms with Gasteiger partial charge in [-0.3, -0.25) is 4.79 Å². The number of hydrogen-bond donors (Lipinski definition) is 1. The first-order chi connectivity index (χ1) is 9.66. The van der Waals surface area contributed by atoms with Crippen molar-refractivity contribution in [2.24, 2.45) is 5.73 Å². The van der Waals surface area contributed by atoms with Crippen LogP contribution in [0.5, 0.6) is 0 Å². The van der Waals surface area contributed by atoms with E-state index in [2.05, 4.69) is 24.3 Å². The Labute approximate surface area is 119 Å². The maximum absolute atomic E-state index is 11.5. The molecule has 0 saturated carbocycles. The summed E-state index contributed by atoms with van der Waals surface area (Å²) in [6.45, 7) is 1.81. The predicted molar refractivity (Wildman–Crippen MR) is 82.2 cm³/mol. The normalized spacial score (nSPS) is 10.1. The average Bonchev–Trinajstić information content (AvgIpc) is 2.48. The highest BCUT2D eigenvalue weighted by Gasteiger charge is 2.09. The number of primary amides is 1. The molecule has 0 spiro atoms. The fourth-order valence-electron chi connectivity index (χ4n) is 2.19.